The molecule has 0 spiro atoms. The Bertz CT molecular complexity index is 539. The second kappa shape index (κ2) is 5.01. The van der Waals surface area contributed by atoms with Crippen molar-refractivity contribution in [1.29, 1.82) is 0 Å². The Kier molecular flexibility index (Phi) is 3.43. The summed E-state index contributed by atoms with van der Waals surface area (Å²) in [5.74, 6) is 0. The Balaban J connectivity index is 2.19. The van der Waals surface area contributed by atoms with Gasteiger partial charge in [0.05, 0.1) is 6.61 Å². The first-order valence-electron chi connectivity index (χ1n) is 5.12. The first-order chi connectivity index (χ1) is 8.24. The van der Waals surface area contributed by atoms with Gasteiger partial charge in [-0.1, -0.05) is 22.8 Å². The van der Waals surface area contributed by atoms with Gasteiger partial charge in [-0.2, -0.15) is 0 Å². The largest absolute Gasteiger partial charge is 0.463 e. The Morgan fingerprint density at radius 2 is 2.35 bits per heavy atom. The molecule has 0 fully saturated rings. The third-order valence-electron chi connectivity index (χ3n) is 2.20. The number of nitrogen functional groups attached to an aromatic ring is 1. The van der Waals surface area contributed by atoms with Gasteiger partial charge in [0.1, 0.15) is 12.0 Å². The van der Waals surface area contributed by atoms with Gasteiger partial charge in [0.15, 0.2) is 10.8 Å². The molecule has 0 atom stereocenters. The number of ether oxygens (including phenoxy) is 1. The van der Waals surface area contributed by atoms with Gasteiger partial charge < -0.3 is 10.5 Å². The van der Waals surface area contributed by atoms with Crippen LogP contribution in [0.15, 0.2) is 19.0 Å². The van der Waals surface area contributed by atoms with Crippen molar-refractivity contribution in [2.45, 2.75) is 12.8 Å². The molecule has 0 aliphatic carbocycles. The molecule has 2 aromatic rings. The molecule has 0 saturated carbocycles. The first kappa shape index (κ1) is 11.7. The summed E-state index contributed by atoms with van der Waals surface area (Å²) in [6.07, 6.45) is 5.08. The van der Waals surface area contributed by atoms with Crippen LogP contribution in [0.4, 0.5) is 5.69 Å². The van der Waals surface area contributed by atoms with Crippen molar-refractivity contribution in [2.75, 3.05) is 12.3 Å². The number of anilines is 1. The van der Waals surface area contributed by atoms with Crippen LogP contribution in [-0.4, -0.2) is 26.2 Å². The zero-order valence-corrected chi connectivity index (χ0v) is 9.89. The molecule has 0 saturated heterocycles. The second-order valence-corrected chi connectivity index (χ2v) is 3.76. The molecular weight excluding hydrogens is 242 g/mol. The SMILES string of the molecule is C=CCCCOc1nnc2c(N)c(Cl)ncn12. The van der Waals surface area contributed by atoms with Crippen LogP contribution in [0.25, 0.3) is 5.65 Å². The van der Waals surface area contributed by atoms with Crippen molar-refractivity contribution in [3.63, 3.8) is 0 Å². The summed E-state index contributed by atoms with van der Waals surface area (Å²) < 4.78 is 7.02. The number of nitrogens with zero attached hydrogens (tertiary/aromatic N) is 4. The fourth-order valence-corrected chi connectivity index (χ4v) is 1.45. The molecule has 0 amide bonds. The van der Waals surface area contributed by atoms with Crippen LogP contribution in [0, 0.1) is 0 Å². The minimum atomic E-state index is 0.211. The minimum Gasteiger partial charge on any atom is -0.463 e. The highest BCUT2D eigenvalue weighted by Crippen LogP contribution is 2.22. The molecule has 6 nitrogen and oxygen atoms in total. The fraction of sp³-hybridized carbons (Fsp3) is 0.300. The van der Waals surface area contributed by atoms with Crippen molar-refractivity contribution < 1.29 is 4.74 Å². The number of hydrogen-bond donors (Lipinski definition) is 1. The van der Waals surface area contributed by atoms with E-state index in [1.54, 1.807) is 4.40 Å². The van der Waals surface area contributed by atoms with Gasteiger partial charge >= 0.3 is 6.01 Å². The van der Waals surface area contributed by atoms with Crippen LogP contribution in [0.3, 0.4) is 0 Å². The van der Waals surface area contributed by atoms with Crippen LogP contribution >= 0.6 is 11.6 Å². The number of aromatic nitrogens is 4. The van der Waals surface area contributed by atoms with Gasteiger partial charge in [0, 0.05) is 0 Å². The Morgan fingerprint density at radius 3 is 3.12 bits per heavy atom. The van der Waals surface area contributed by atoms with E-state index in [2.05, 4.69) is 21.8 Å². The maximum absolute atomic E-state index is 5.77. The molecule has 7 heteroatoms. The summed E-state index contributed by atoms with van der Waals surface area (Å²) in [6.45, 7) is 4.17. The van der Waals surface area contributed by atoms with E-state index in [-0.39, 0.29) is 5.15 Å². The van der Waals surface area contributed by atoms with Gasteiger partial charge in [-0.15, -0.1) is 11.7 Å². The number of nitrogens with two attached hydrogens (primary N) is 1. The Morgan fingerprint density at radius 1 is 1.53 bits per heavy atom. The van der Waals surface area contributed by atoms with E-state index in [4.69, 9.17) is 22.1 Å². The van der Waals surface area contributed by atoms with Crippen LogP contribution < -0.4 is 10.5 Å². The third-order valence-corrected chi connectivity index (χ3v) is 2.50. The predicted octanol–water partition coefficient (Wildman–Crippen LogP) is 1.70. The molecule has 2 rings (SSSR count). The standard InChI is InChI=1S/C10H12ClN5O/c1-2-3-4-5-17-10-15-14-9-7(12)8(11)13-6-16(9)10/h2,6H,1,3-5,12H2. The third kappa shape index (κ3) is 2.31. The van der Waals surface area contributed by atoms with Crippen LogP contribution in [0.1, 0.15) is 12.8 Å². The topological polar surface area (TPSA) is 78.3 Å². The van der Waals surface area contributed by atoms with Gasteiger partial charge in [-0.3, -0.25) is 0 Å². The molecule has 0 aromatic carbocycles. The van der Waals surface area contributed by atoms with Crippen molar-refractivity contribution in [1.82, 2.24) is 19.6 Å². The number of rotatable bonds is 5. The number of hydrogen-bond acceptors (Lipinski definition) is 5. The average molecular weight is 254 g/mol. The monoisotopic (exact) mass is 253 g/mol. The van der Waals surface area contributed by atoms with Gasteiger partial charge in [0.2, 0.25) is 0 Å². The molecule has 0 bridgehead atoms. The van der Waals surface area contributed by atoms with E-state index in [9.17, 15) is 0 Å². The predicted molar refractivity (Wildman–Crippen MR) is 65.1 cm³/mol. The average Bonchev–Trinajstić information content (AvgIpc) is 2.73. The molecule has 0 unspecified atom stereocenters. The highest BCUT2D eigenvalue weighted by molar-refractivity contribution is 6.32. The lowest BCUT2D eigenvalue weighted by Crippen LogP contribution is -2.02. The summed E-state index contributed by atoms with van der Waals surface area (Å²) in [5.41, 5.74) is 6.46. The summed E-state index contributed by atoms with van der Waals surface area (Å²) in [4.78, 5) is 3.91. The highest BCUT2D eigenvalue weighted by atomic mass is 35.5. The first-order valence-corrected chi connectivity index (χ1v) is 5.50. The molecule has 0 radical (unpaired) electrons. The lowest BCUT2D eigenvalue weighted by molar-refractivity contribution is 0.284. The quantitative estimate of drug-likeness (QED) is 0.499. The van der Waals surface area contributed by atoms with E-state index in [0.29, 0.717) is 24.0 Å². The Labute approximate surface area is 103 Å². The lowest BCUT2D eigenvalue weighted by Gasteiger charge is -2.03. The number of unbranched alkanes of at least 4 members (excludes halogenated alkanes) is 1. The molecule has 17 heavy (non-hydrogen) atoms. The molecule has 0 aliphatic rings. The Hall–Kier alpha value is -1.82. The summed E-state index contributed by atoms with van der Waals surface area (Å²) >= 11 is 5.77. The van der Waals surface area contributed by atoms with E-state index in [1.807, 2.05) is 6.08 Å². The van der Waals surface area contributed by atoms with Crippen molar-refractivity contribution in [3.05, 3.63) is 24.1 Å². The molecule has 90 valence electrons. The lowest BCUT2D eigenvalue weighted by atomic mass is 10.3. The zero-order chi connectivity index (χ0) is 12.3. The maximum atomic E-state index is 5.77. The van der Waals surface area contributed by atoms with E-state index in [1.165, 1.54) is 6.33 Å². The zero-order valence-electron chi connectivity index (χ0n) is 9.14. The van der Waals surface area contributed by atoms with Crippen molar-refractivity contribution in [3.8, 4) is 6.01 Å². The van der Waals surface area contributed by atoms with Crippen LogP contribution in [0.5, 0.6) is 6.01 Å². The van der Waals surface area contributed by atoms with E-state index in [0.717, 1.165) is 12.8 Å². The molecule has 2 aromatic heterocycles. The molecule has 0 aliphatic heterocycles. The summed E-state index contributed by atoms with van der Waals surface area (Å²) in [5, 5.41) is 7.99. The maximum Gasteiger partial charge on any atom is 0.322 e. The van der Waals surface area contributed by atoms with E-state index >= 15 is 0 Å². The number of halogens is 1. The molecule has 2 N–H and O–H groups in total. The smallest absolute Gasteiger partial charge is 0.322 e. The fourth-order valence-electron chi connectivity index (χ4n) is 1.32. The normalized spacial score (nSPS) is 10.6. The van der Waals surface area contributed by atoms with Gasteiger partial charge in [0.25, 0.3) is 0 Å². The van der Waals surface area contributed by atoms with Gasteiger partial charge in [-0.05, 0) is 12.8 Å². The molecular formula is C10H12ClN5O. The van der Waals surface area contributed by atoms with Crippen molar-refractivity contribution >= 4 is 22.9 Å². The molecule has 2 heterocycles. The van der Waals surface area contributed by atoms with Gasteiger partial charge in [-0.25, -0.2) is 9.38 Å². The summed E-state index contributed by atoms with van der Waals surface area (Å²) in [7, 11) is 0. The van der Waals surface area contributed by atoms with Crippen LogP contribution in [-0.2, 0) is 0 Å². The van der Waals surface area contributed by atoms with Crippen LogP contribution in [0.2, 0.25) is 5.15 Å². The van der Waals surface area contributed by atoms with Crippen molar-refractivity contribution in [2.24, 2.45) is 0 Å². The highest BCUT2D eigenvalue weighted by Gasteiger charge is 2.11. The second-order valence-electron chi connectivity index (χ2n) is 3.40. The minimum absolute atomic E-state index is 0.211. The number of allylic oxidation sites excluding steroid dienone is 1. The number of fused-ring (bicyclic) bond motifs is 1. The summed E-state index contributed by atoms with van der Waals surface area (Å²) in [6, 6.07) is 0.361. The van der Waals surface area contributed by atoms with E-state index < -0.39 is 0 Å².